The lowest BCUT2D eigenvalue weighted by Crippen LogP contribution is -2.34. The van der Waals surface area contributed by atoms with Gasteiger partial charge in [-0.05, 0) is 19.1 Å². The number of fused-ring (bicyclic) bond motifs is 1. The van der Waals surface area contributed by atoms with Gasteiger partial charge in [0, 0.05) is 43.2 Å². The van der Waals surface area contributed by atoms with Crippen LogP contribution in [0.2, 0.25) is 5.02 Å². The Morgan fingerprint density at radius 2 is 2.16 bits per heavy atom. The van der Waals surface area contributed by atoms with E-state index >= 15 is 0 Å². The molecule has 0 spiro atoms. The van der Waals surface area contributed by atoms with Crippen LogP contribution < -0.4 is 15.4 Å². The van der Waals surface area contributed by atoms with Gasteiger partial charge in [-0.2, -0.15) is 0 Å². The number of aliphatic hydroxyl groups is 1. The van der Waals surface area contributed by atoms with E-state index in [2.05, 4.69) is 30.6 Å². The Labute approximate surface area is 217 Å². The minimum atomic E-state index is -0.936. The van der Waals surface area contributed by atoms with E-state index in [-0.39, 0.29) is 12.3 Å². The van der Waals surface area contributed by atoms with Crippen molar-refractivity contribution in [2.75, 3.05) is 19.0 Å². The average molecular weight is 525 g/mol. The Bertz CT molecular complexity index is 1430. The number of likely N-dealkylation sites (N-methyl/N-ethyl adjacent to an activating group) is 1. The molecule has 5 heterocycles. The minimum Gasteiger partial charge on any atom is -0.497 e. The largest absolute Gasteiger partial charge is 0.497 e. The third kappa shape index (κ3) is 5.17. The summed E-state index contributed by atoms with van der Waals surface area (Å²) in [5.41, 5.74) is 2.19. The summed E-state index contributed by atoms with van der Waals surface area (Å²) in [5, 5.41) is 17.2. The number of anilines is 1. The maximum Gasteiger partial charge on any atom is 0.249 e. The van der Waals surface area contributed by atoms with Gasteiger partial charge < -0.3 is 25.2 Å². The van der Waals surface area contributed by atoms with E-state index in [1.807, 2.05) is 13.0 Å². The molecular formula is C24H25ClN8O4. The summed E-state index contributed by atoms with van der Waals surface area (Å²) in [6, 6.07) is 5.28. The highest BCUT2D eigenvalue weighted by molar-refractivity contribution is 6.30. The lowest BCUT2D eigenvalue weighted by molar-refractivity contribution is -0.134. The molecule has 1 amide bonds. The van der Waals surface area contributed by atoms with Crippen molar-refractivity contribution in [2.24, 2.45) is 0 Å². The molecule has 5 rings (SSSR count). The summed E-state index contributed by atoms with van der Waals surface area (Å²) in [6.07, 6.45) is 3.87. The number of carbonyl (C=O) groups is 1. The topological polar surface area (TPSA) is 149 Å². The lowest BCUT2D eigenvalue weighted by atomic mass is 10.2. The van der Waals surface area contributed by atoms with E-state index in [4.69, 9.17) is 26.1 Å². The van der Waals surface area contributed by atoms with Crippen LogP contribution in [0.3, 0.4) is 0 Å². The van der Waals surface area contributed by atoms with Gasteiger partial charge in [0.25, 0.3) is 0 Å². The normalized spacial score (nSPS) is 19.2. The molecule has 0 saturated carbocycles. The molecule has 0 radical (unpaired) electrons. The zero-order chi connectivity index (χ0) is 25.9. The molecule has 13 heteroatoms. The van der Waals surface area contributed by atoms with Gasteiger partial charge in [0.15, 0.2) is 29.0 Å². The number of carbonyl (C=O) groups excluding carboxylic acids is 1. The van der Waals surface area contributed by atoms with Crippen molar-refractivity contribution in [1.82, 2.24) is 34.8 Å². The number of halogens is 1. The Hall–Kier alpha value is -3.87. The predicted molar refractivity (Wildman–Crippen MR) is 135 cm³/mol. The molecule has 0 unspecified atom stereocenters. The highest BCUT2D eigenvalue weighted by Gasteiger charge is 2.39. The average Bonchev–Trinajstić information content (AvgIpc) is 3.50. The van der Waals surface area contributed by atoms with E-state index in [0.717, 1.165) is 5.69 Å². The van der Waals surface area contributed by atoms with Gasteiger partial charge in [-0.25, -0.2) is 15.0 Å². The number of pyridine rings is 2. The number of aliphatic hydroxyl groups excluding tert-OH is 1. The minimum absolute atomic E-state index is 0.152. The first-order valence-corrected chi connectivity index (χ1v) is 12.0. The van der Waals surface area contributed by atoms with Gasteiger partial charge >= 0.3 is 0 Å². The molecule has 1 fully saturated rings. The molecule has 3 atom stereocenters. The number of methoxy groups -OCH3 is 1. The van der Waals surface area contributed by atoms with Crippen molar-refractivity contribution >= 4 is 34.5 Å². The van der Waals surface area contributed by atoms with Crippen LogP contribution in [0.25, 0.3) is 22.6 Å². The van der Waals surface area contributed by atoms with Crippen molar-refractivity contribution < 1.29 is 19.4 Å². The number of hydrogen-bond acceptors (Lipinski definition) is 10. The Kier molecular flexibility index (Phi) is 7.12. The molecular weight excluding hydrogens is 500 g/mol. The number of nitrogens with zero attached hydrogens (tertiary/aromatic N) is 6. The molecule has 1 saturated heterocycles. The van der Waals surface area contributed by atoms with Crippen molar-refractivity contribution in [3.05, 3.63) is 53.8 Å². The van der Waals surface area contributed by atoms with Gasteiger partial charge in [-0.15, -0.1) is 0 Å². The molecule has 4 aromatic heterocycles. The fourth-order valence-corrected chi connectivity index (χ4v) is 4.28. The fourth-order valence-electron chi connectivity index (χ4n) is 4.10. The van der Waals surface area contributed by atoms with Gasteiger partial charge in [-0.1, -0.05) is 11.6 Å². The van der Waals surface area contributed by atoms with Crippen LogP contribution in [0, 0.1) is 0 Å². The molecule has 1 aliphatic rings. The van der Waals surface area contributed by atoms with Crippen LogP contribution >= 0.6 is 11.6 Å². The van der Waals surface area contributed by atoms with Gasteiger partial charge in [-0.3, -0.25) is 19.3 Å². The van der Waals surface area contributed by atoms with Gasteiger partial charge in [0.2, 0.25) is 5.91 Å². The lowest BCUT2D eigenvalue weighted by Gasteiger charge is -2.17. The molecule has 0 aliphatic carbocycles. The Morgan fingerprint density at radius 3 is 2.95 bits per heavy atom. The van der Waals surface area contributed by atoms with E-state index in [1.165, 1.54) is 12.5 Å². The summed E-state index contributed by atoms with van der Waals surface area (Å²) in [7, 11) is 1.59. The van der Waals surface area contributed by atoms with Crippen LogP contribution in [-0.4, -0.2) is 66.4 Å². The third-order valence-corrected chi connectivity index (χ3v) is 6.06. The van der Waals surface area contributed by atoms with Crippen LogP contribution in [0.5, 0.6) is 5.75 Å². The molecule has 0 bridgehead atoms. The van der Waals surface area contributed by atoms with Crippen LogP contribution in [0.15, 0.2) is 43.1 Å². The second-order valence-corrected chi connectivity index (χ2v) is 8.80. The van der Waals surface area contributed by atoms with E-state index in [9.17, 15) is 9.90 Å². The summed E-state index contributed by atoms with van der Waals surface area (Å²) in [4.78, 5) is 34.7. The van der Waals surface area contributed by atoms with E-state index in [0.29, 0.717) is 52.2 Å². The SMILES string of the molecule is CCNC(=O)[C@@H]1C[C@@H](O)[C@H](n2cnc3c(NCc4cc(OC)ccn4)nc(-c4cncc(Cl)c4)nc32)O1. The van der Waals surface area contributed by atoms with E-state index < -0.39 is 18.4 Å². The van der Waals surface area contributed by atoms with Crippen molar-refractivity contribution in [1.29, 1.82) is 0 Å². The Morgan fingerprint density at radius 1 is 1.30 bits per heavy atom. The number of aromatic nitrogens is 6. The van der Waals surface area contributed by atoms with Crippen LogP contribution in [0.1, 0.15) is 25.3 Å². The van der Waals surface area contributed by atoms with Gasteiger partial charge in [0.1, 0.15) is 18.0 Å². The number of hydrogen-bond donors (Lipinski definition) is 3. The quantitative estimate of drug-likeness (QED) is 0.313. The first-order valence-electron chi connectivity index (χ1n) is 11.7. The fraction of sp³-hybridized carbons (Fsp3) is 0.333. The zero-order valence-corrected chi connectivity index (χ0v) is 20.9. The van der Waals surface area contributed by atoms with Crippen LogP contribution in [0.4, 0.5) is 5.82 Å². The maximum absolute atomic E-state index is 12.3. The zero-order valence-electron chi connectivity index (χ0n) is 20.1. The van der Waals surface area contributed by atoms with Crippen molar-refractivity contribution in [2.45, 2.75) is 38.3 Å². The molecule has 1 aliphatic heterocycles. The molecule has 192 valence electrons. The molecule has 3 N–H and O–H groups in total. The molecule has 0 aromatic carbocycles. The van der Waals surface area contributed by atoms with Crippen LogP contribution in [-0.2, 0) is 16.1 Å². The van der Waals surface area contributed by atoms with Crippen molar-refractivity contribution in [3.63, 3.8) is 0 Å². The summed E-state index contributed by atoms with van der Waals surface area (Å²) in [5.74, 6) is 1.19. The Balaban J connectivity index is 1.53. The number of amides is 1. The molecule has 12 nitrogen and oxygen atoms in total. The second-order valence-electron chi connectivity index (χ2n) is 8.37. The smallest absolute Gasteiger partial charge is 0.249 e. The first kappa shape index (κ1) is 24.8. The first-order chi connectivity index (χ1) is 18.0. The number of nitrogens with one attached hydrogen (secondary N) is 2. The summed E-state index contributed by atoms with van der Waals surface area (Å²) in [6.45, 7) is 2.63. The van der Waals surface area contributed by atoms with E-state index in [1.54, 1.807) is 36.2 Å². The molecule has 4 aromatic rings. The summed E-state index contributed by atoms with van der Waals surface area (Å²) < 4.78 is 12.8. The monoisotopic (exact) mass is 524 g/mol. The number of rotatable bonds is 8. The summed E-state index contributed by atoms with van der Waals surface area (Å²) >= 11 is 6.16. The maximum atomic E-state index is 12.3. The molecule has 37 heavy (non-hydrogen) atoms. The highest BCUT2D eigenvalue weighted by atomic mass is 35.5. The number of ether oxygens (including phenoxy) is 2. The van der Waals surface area contributed by atoms with Gasteiger partial charge in [0.05, 0.1) is 30.7 Å². The highest BCUT2D eigenvalue weighted by Crippen LogP contribution is 2.33. The second kappa shape index (κ2) is 10.6. The standard InChI is InChI=1S/C24H25ClN8O4/c1-3-27-23(35)18-8-17(34)24(37-18)33-12-30-19-21(29-11-15-7-16(36-2)4-5-28-15)31-20(32-22(19)33)13-6-14(25)10-26-9-13/h4-7,9-10,12,17-18,24,34H,3,8,11H2,1-2H3,(H,27,35)(H,29,31,32)/t17-,18+,24-/m1/s1. The number of imidazole rings is 1. The van der Waals surface area contributed by atoms with Crippen molar-refractivity contribution in [3.8, 4) is 17.1 Å². The predicted octanol–water partition coefficient (Wildman–Crippen LogP) is 2.34. The third-order valence-electron chi connectivity index (χ3n) is 5.85.